The Morgan fingerprint density at radius 1 is 0.328 bits per heavy atom. The Morgan fingerprint density at radius 2 is 0.552 bits per heavy atom. The third-order valence-corrected chi connectivity index (χ3v) is 9.24. The number of carbonyl (C=O) groups excluding carboxylic acids is 5. The predicted molar refractivity (Wildman–Crippen MR) is 206 cm³/mol. The van der Waals surface area contributed by atoms with Crippen LogP contribution in [0.25, 0.3) is 0 Å². The molecule has 11 N–H and O–H groups in total. The number of aliphatic carboxylic acids is 5. The van der Waals surface area contributed by atoms with Crippen LogP contribution in [0.5, 0.6) is 0 Å². The summed E-state index contributed by atoms with van der Waals surface area (Å²) >= 11 is 0. The number of unbranched alkanes of at least 4 members (excludes halogenated alkanes) is 13. The van der Waals surface area contributed by atoms with Crippen molar-refractivity contribution in [1.29, 1.82) is 0 Å². The SMILES string of the molecule is NC(=O)CC[C@H](NC(=O)CC[C@H](NC(=O)CC[C@H](NC(=O)CC[C@H](NC(=O)CCCCCCCCCCCCCCCCC(=O)O)C(=O)O)C(=O)O)C(=O)O)C(=O)O. The number of amides is 5. The Labute approximate surface area is 337 Å². The largest absolute Gasteiger partial charge is 0.481 e. The number of hydrogen-bond acceptors (Lipinski definition) is 10. The molecule has 0 saturated carbocycles. The number of primary amides is 1. The van der Waals surface area contributed by atoms with Crippen LogP contribution in [0.3, 0.4) is 0 Å². The summed E-state index contributed by atoms with van der Waals surface area (Å²) in [5.74, 6) is -10.5. The van der Waals surface area contributed by atoms with Gasteiger partial charge in [0.05, 0.1) is 0 Å². The summed E-state index contributed by atoms with van der Waals surface area (Å²) in [7, 11) is 0. The summed E-state index contributed by atoms with van der Waals surface area (Å²) in [5, 5.41) is 55.2. The first-order valence-corrected chi connectivity index (χ1v) is 20.0. The molecule has 0 aromatic rings. The van der Waals surface area contributed by atoms with Gasteiger partial charge >= 0.3 is 29.8 Å². The number of carboxylic acid groups (broad SMARTS) is 5. The molecule has 0 unspecified atom stereocenters. The molecule has 0 aliphatic rings. The van der Waals surface area contributed by atoms with Gasteiger partial charge in [0.2, 0.25) is 29.5 Å². The highest BCUT2D eigenvalue weighted by atomic mass is 16.4. The molecule has 0 radical (unpaired) electrons. The molecule has 0 bridgehead atoms. The average molecular weight is 830 g/mol. The zero-order valence-corrected chi connectivity index (χ0v) is 33.2. The quantitative estimate of drug-likeness (QED) is 0.0401. The van der Waals surface area contributed by atoms with Crippen LogP contribution in [0, 0.1) is 0 Å². The lowest BCUT2D eigenvalue weighted by Gasteiger charge is -2.18. The first-order valence-electron chi connectivity index (χ1n) is 20.0. The number of carbonyl (C=O) groups is 10. The van der Waals surface area contributed by atoms with Crippen LogP contribution in [-0.2, 0) is 47.9 Å². The Morgan fingerprint density at radius 3 is 0.793 bits per heavy atom. The van der Waals surface area contributed by atoms with E-state index in [9.17, 15) is 68.4 Å². The number of hydrogen-bond donors (Lipinski definition) is 10. The molecule has 20 heteroatoms. The van der Waals surface area contributed by atoms with E-state index in [-0.39, 0.29) is 32.1 Å². The molecule has 0 heterocycles. The monoisotopic (exact) mass is 829 g/mol. The van der Waals surface area contributed by atoms with Crippen molar-refractivity contribution in [2.75, 3.05) is 0 Å². The van der Waals surface area contributed by atoms with Crippen molar-refractivity contribution in [1.82, 2.24) is 21.3 Å². The summed E-state index contributed by atoms with van der Waals surface area (Å²) in [6.07, 6.45) is 11.1. The second-order valence-electron chi connectivity index (χ2n) is 14.3. The highest BCUT2D eigenvalue weighted by Crippen LogP contribution is 2.14. The van der Waals surface area contributed by atoms with Crippen LogP contribution >= 0.6 is 0 Å². The van der Waals surface area contributed by atoms with E-state index >= 15 is 0 Å². The minimum Gasteiger partial charge on any atom is -0.481 e. The van der Waals surface area contributed by atoms with Crippen molar-refractivity contribution in [3.63, 3.8) is 0 Å². The second kappa shape index (κ2) is 31.7. The van der Waals surface area contributed by atoms with E-state index in [1.165, 1.54) is 12.8 Å². The lowest BCUT2D eigenvalue weighted by atomic mass is 10.0. The molecule has 58 heavy (non-hydrogen) atoms. The zero-order valence-electron chi connectivity index (χ0n) is 33.2. The standard InChI is InChI=1S/C38H63N5O15/c39-29(44)21-17-25(35(51)52)41-31(46)23-19-27(37(55)56)43-33(48)24-20-28(38(57)58)42-32(47)22-18-26(36(53)54)40-30(45)15-13-11-9-7-5-3-1-2-4-6-8-10-12-14-16-34(49)50/h25-28H,1-24H2,(H2,39,44)(H,40,45)(H,41,46)(H,42,47)(H,43,48)(H,49,50)(H,51,52)(H,53,54)(H,55,56)(H,57,58)/t25-,26-,27-,28-/m0/s1. The van der Waals surface area contributed by atoms with Crippen molar-refractivity contribution in [3.8, 4) is 0 Å². The molecule has 0 fully saturated rings. The molecule has 330 valence electrons. The fourth-order valence-corrected chi connectivity index (χ4v) is 5.89. The molecule has 5 amide bonds. The zero-order chi connectivity index (χ0) is 43.9. The van der Waals surface area contributed by atoms with Crippen LogP contribution in [-0.4, -0.2) is 109 Å². The van der Waals surface area contributed by atoms with E-state index in [1.807, 2.05) is 0 Å². The second-order valence-corrected chi connectivity index (χ2v) is 14.3. The molecule has 0 saturated heterocycles. The topological polar surface area (TPSA) is 346 Å². The first kappa shape index (κ1) is 52.7. The van der Waals surface area contributed by atoms with Crippen molar-refractivity contribution in [3.05, 3.63) is 0 Å². The summed E-state index contributed by atoms with van der Waals surface area (Å²) in [4.78, 5) is 117. The Hall–Kier alpha value is -5.30. The van der Waals surface area contributed by atoms with Crippen molar-refractivity contribution < 1.29 is 73.5 Å². The molecule has 0 aliphatic heterocycles. The van der Waals surface area contributed by atoms with Gasteiger partial charge in [0, 0.05) is 38.5 Å². The molecule has 0 rings (SSSR count). The number of nitrogens with one attached hydrogen (secondary N) is 4. The number of carboxylic acids is 5. The maximum atomic E-state index is 12.5. The van der Waals surface area contributed by atoms with Crippen molar-refractivity contribution in [2.24, 2.45) is 5.73 Å². The lowest BCUT2D eigenvalue weighted by molar-refractivity contribution is -0.144. The first-order chi connectivity index (χ1) is 27.4. The van der Waals surface area contributed by atoms with Crippen LogP contribution < -0.4 is 27.0 Å². The van der Waals surface area contributed by atoms with Gasteiger partial charge in [-0.05, 0) is 38.5 Å². The van der Waals surface area contributed by atoms with Gasteiger partial charge in [-0.3, -0.25) is 28.8 Å². The van der Waals surface area contributed by atoms with E-state index in [4.69, 9.17) is 10.8 Å². The summed E-state index contributed by atoms with van der Waals surface area (Å²) in [6.45, 7) is 0. The molecule has 4 atom stereocenters. The highest BCUT2D eigenvalue weighted by Gasteiger charge is 2.27. The van der Waals surface area contributed by atoms with Gasteiger partial charge in [0.1, 0.15) is 24.2 Å². The lowest BCUT2D eigenvalue weighted by Crippen LogP contribution is -2.45. The van der Waals surface area contributed by atoms with Crippen LogP contribution in [0.15, 0.2) is 0 Å². The smallest absolute Gasteiger partial charge is 0.326 e. The molecule has 0 aliphatic carbocycles. The van der Waals surface area contributed by atoms with Crippen LogP contribution in [0.1, 0.15) is 154 Å². The molecular formula is C38H63N5O15. The minimum atomic E-state index is -1.61. The van der Waals surface area contributed by atoms with Gasteiger partial charge < -0.3 is 52.5 Å². The Balaban J connectivity index is 4.47. The normalized spacial score (nSPS) is 12.9. The fraction of sp³-hybridized carbons (Fsp3) is 0.737. The van der Waals surface area contributed by atoms with Crippen LogP contribution in [0.2, 0.25) is 0 Å². The van der Waals surface area contributed by atoms with E-state index in [1.54, 1.807) is 0 Å². The predicted octanol–water partition coefficient (Wildman–Crippen LogP) is 2.20. The average Bonchev–Trinajstić information content (AvgIpc) is 3.14. The molecular weight excluding hydrogens is 766 g/mol. The summed E-state index contributed by atoms with van der Waals surface area (Å²) < 4.78 is 0. The third kappa shape index (κ3) is 29.0. The van der Waals surface area contributed by atoms with E-state index in [0.29, 0.717) is 6.42 Å². The third-order valence-electron chi connectivity index (χ3n) is 9.24. The maximum Gasteiger partial charge on any atom is 0.326 e. The summed E-state index contributed by atoms with van der Waals surface area (Å²) in [5.41, 5.74) is 4.99. The van der Waals surface area contributed by atoms with E-state index in [2.05, 4.69) is 21.3 Å². The van der Waals surface area contributed by atoms with Gasteiger partial charge in [0.25, 0.3) is 0 Å². The molecule has 0 aromatic heterocycles. The Bertz CT molecular complexity index is 1360. The molecule has 0 spiro atoms. The molecule has 0 aromatic carbocycles. The summed E-state index contributed by atoms with van der Waals surface area (Å²) in [6, 6.07) is -6.06. The minimum absolute atomic E-state index is 0.106. The number of nitrogens with two attached hydrogens (primary N) is 1. The van der Waals surface area contributed by atoms with Gasteiger partial charge in [0.15, 0.2) is 0 Å². The maximum absolute atomic E-state index is 12.5. The fourth-order valence-electron chi connectivity index (χ4n) is 5.89. The van der Waals surface area contributed by atoms with Crippen LogP contribution in [0.4, 0.5) is 0 Å². The van der Waals surface area contributed by atoms with Gasteiger partial charge in [-0.2, -0.15) is 0 Å². The van der Waals surface area contributed by atoms with E-state index in [0.717, 1.165) is 70.6 Å². The molecule has 20 nitrogen and oxygen atoms in total. The van der Waals surface area contributed by atoms with Crippen molar-refractivity contribution >= 4 is 59.4 Å². The van der Waals surface area contributed by atoms with Gasteiger partial charge in [-0.1, -0.05) is 77.0 Å². The van der Waals surface area contributed by atoms with Gasteiger partial charge in [-0.25, -0.2) is 19.2 Å². The van der Waals surface area contributed by atoms with Gasteiger partial charge in [-0.15, -0.1) is 0 Å². The van der Waals surface area contributed by atoms with E-state index < -0.39 is 116 Å². The highest BCUT2D eigenvalue weighted by molar-refractivity contribution is 5.88. The Kier molecular flexibility index (Phi) is 28.8. The number of rotatable bonds is 37. The van der Waals surface area contributed by atoms with Crippen molar-refractivity contribution in [2.45, 2.75) is 178 Å².